The van der Waals surface area contributed by atoms with Crippen LogP contribution in [0.25, 0.3) is 12.2 Å². The molecule has 0 atom stereocenters. The Labute approximate surface area is 182 Å². The highest BCUT2D eigenvalue weighted by molar-refractivity contribution is 5.76. The Morgan fingerprint density at radius 1 is 0.800 bits per heavy atom. The zero-order valence-electron chi connectivity index (χ0n) is 19.5. The van der Waals surface area contributed by atoms with Gasteiger partial charge in [-0.25, -0.2) is 0 Å². The van der Waals surface area contributed by atoms with Gasteiger partial charge in [0.25, 0.3) is 0 Å². The van der Waals surface area contributed by atoms with Crippen LogP contribution in [0.3, 0.4) is 0 Å². The van der Waals surface area contributed by atoms with E-state index in [-0.39, 0.29) is 11.9 Å². The second-order valence-corrected chi connectivity index (χ2v) is 8.76. The second kappa shape index (κ2) is 12.4. The fourth-order valence-electron chi connectivity index (χ4n) is 2.95. The first-order valence-corrected chi connectivity index (χ1v) is 10.9. The van der Waals surface area contributed by atoms with E-state index in [2.05, 4.69) is 42.5 Å². The fraction of sp³-hybridized carbons (Fsp3) is 0.538. The van der Waals surface area contributed by atoms with Crippen LogP contribution in [0.5, 0.6) is 0 Å². The van der Waals surface area contributed by atoms with Crippen molar-refractivity contribution in [3.63, 3.8) is 0 Å². The lowest BCUT2D eigenvalue weighted by Gasteiger charge is -2.21. The third kappa shape index (κ3) is 8.98. The Bertz CT molecular complexity index is 682. The molecule has 1 aromatic rings. The summed E-state index contributed by atoms with van der Waals surface area (Å²) in [5.74, 6) is -0.284. The van der Waals surface area contributed by atoms with Crippen LogP contribution < -0.4 is 0 Å². The molecular formula is C26H38O4. The van der Waals surface area contributed by atoms with Crippen molar-refractivity contribution in [1.29, 1.82) is 0 Å². The Balaban J connectivity index is 2.56. The zero-order chi connectivity index (χ0) is 22.6. The van der Waals surface area contributed by atoms with Gasteiger partial charge in [-0.05, 0) is 84.4 Å². The molecule has 0 heterocycles. The molecule has 0 aliphatic heterocycles. The Morgan fingerprint density at radius 2 is 1.20 bits per heavy atom. The lowest BCUT2D eigenvalue weighted by Crippen LogP contribution is -2.26. The molecule has 1 rings (SSSR count). The number of rotatable bonds is 12. The first kappa shape index (κ1) is 25.7. The van der Waals surface area contributed by atoms with Crippen LogP contribution in [0.1, 0.15) is 78.4 Å². The van der Waals surface area contributed by atoms with Crippen molar-refractivity contribution in [2.75, 3.05) is 13.2 Å². The molecule has 0 fully saturated rings. The average Bonchev–Trinajstić information content (AvgIpc) is 2.69. The van der Waals surface area contributed by atoms with Crippen molar-refractivity contribution in [2.24, 2.45) is 10.8 Å². The largest absolute Gasteiger partial charge is 0.466 e. The molecule has 0 radical (unpaired) electrons. The predicted molar refractivity (Wildman–Crippen MR) is 124 cm³/mol. The van der Waals surface area contributed by atoms with Crippen LogP contribution in [0, 0.1) is 10.8 Å². The van der Waals surface area contributed by atoms with Gasteiger partial charge in [0.05, 0.1) is 24.0 Å². The number of allylic oxidation sites excluding steroid dienone is 2. The van der Waals surface area contributed by atoms with Gasteiger partial charge in [-0.15, -0.1) is 0 Å². The molecule has 0 N–H and O–H groups in total. The highest BCUT2D eigenvalue weighted by Crippen LogP contribution is 2.26. The number of carbonyl (C=O) groups is 2. The monoisotopic (exact) mass is 414 g/mol. The predicted octanol–water partition coefficient (Wildman–Crippen LogP) is 6.45. The van der Waals surface area contributed by atoms with Crippen molar-refractivity contribution in [3.8, 4) is 0 Å². The van der Waals surface area contributed by atoms with E-state index in [1.807, 2.05) is 47.6 Å². The van der Waals surface area contributed by atoms with Gasteiger partial charge in [-0.3, -0.25) is 9.59 Å². The van der Waals surface area contributed by atoms with Gasteiger partial charge >= 0.3 is 11.9 Å². The van der Waals surface area contributed by atoms with Crippen LogP contribution in [0.15, 0.2) is 36.4 Å². The van der Waals surface area contributed by atoms with E-state index in [4.69, 9.17) is 9.47 Å². The van der Waals surface area contributed by atoms with Crippen LogP contribution >= 0.6 is 0 Å². The van der Waals surface area contributed by atoms with Crippen LogP contribution in [0.2, 0.25) is 0 Å². The molecule has 0 aromatic heterocycles. The maximum absolute atomic E-state index is 12.0. The molecule has 0 aliphatic rings. The van der Waals surface area contributed by atoms with Crippen LogP contribution in [-0.2, 0) is 19.1 Å². The third-order valence-corrected chi connectivity index (χ3v) is 5.06. The van der Waals surface area contributed by atoms with Gasteiger partial charge in [-0.1, -0.05) is 42.5 Å². The third-order valence-electron chi connectivity index (χ3n) is 5.06. The summed E-state index contributed by atoms with van der Waals surface area (Å²) in [6.45, 7) is 12.2. The van der Waals surface area contributed by atoms with Crippen LogP contribution in [0.4, 0.5) is 0 Å². The van der Waals surface area contributed by atoms with Gasteiger partial charge in [0.1, 0.15) is 0 Å². The fourth-order valence-corrected chi connectivity index (χ4v) is 2.95. The van der Waals surface area contributed by atoms with E-state index in [1.165, 1.54) is 0 Å². The summed E-state index contributed by atoms with van der Waals surface area (Å²) < 4.78 is 10.3. The Kier molecular flexibility index (Phi) is 10.6. The van der Waals surface area contributed by atoms with E-state index in [0.29, 0.717) is 13.2 Å². The molecular weight excluding hydrogens is 376 g/mol. The summed E-state index contributed by atoms with van der Waals surface area (Å²) in [5, 5.41) is 0. The molecule has 4 heteroatoms. The van der Waals surface area contributed by atoms with Crippen molar-refractivity contribution < 1.29 is 19.1 Å². The normalized spacial score (nSPS) is 12.5. The molecule has 0 saturated heterocycles. The maximum Gasteiger partial charge on any atom is 0.311 e. The Morgan fingerprint density at radius 3 is 1.57 bits per heavy atom. The molecule has 0 spiro atoms. The first-order valence-electron chi connectivity index (χ1n) is 10.9. The summed E-state index contributed by atoms with van der Waals surface area (Å²) >= 11 is 0. The zero-order valence-corrected chi connectivity index (χ0v) is 19.5. The summed E-state index contributed by atoms with van der Waals surface area (Å²) in [6, 6.07) is 8.28. The molecule has 0 amide bonds. The first-order chi connectivity index (χ1) is 14.1. The molecule has 30 heavy (non-hydrogen) atoms. The SMILES string of the molecule is CCOC(=O)C(C)(C)CC/C=C\c1cccc(/C=C/CCC(C)(C)C(=O)OCC)c1. The second-order valence-electron chi connectivity index (χ2n) is 8.76. The van der Waals surface area contributed by atoms with Crippen molar-refractivity contribution in [1.82, 2.24) is 0 Å². The molecule has 0 saturated carbocycles. The minimum atomic E-state index is -0.470. The lowest BCUT2D eigenvalue weighted by molar-refractivity contribution is -0.154. The summed E-state index contributed by atoms with van der Waals surface area (Å²) in [6.07, 6.45) is 11.5. The minimum absolute atomic E-state index is 0.142. The summed E-state index contributed by atoms with van der Waals surface area (Å²) in [4.78, 5) is 23.9. The molecule has 0 bridgehead atoms. The number of hydrogen-bond donors (Lipinski definition) is 0. The number of carbonyl (C=O) groups excluding carboxylic acids is 2. The summed E-state index contributed by atoms with van der Waals surface area (Å²) in [7, 11) is 0. The van der Waals surface area contributed by atoms with Gasteiger partial charge in [0.15, 0.2) is 0 Å². The van der Waals surface area contributed by atoms with E-state index < -0.39 is 10.8 Å². The smallest absolute Gasteiger partial charge is 0.311 e. The quantitative estimate of drug-likeness (QED) is 0.369. The highest BCUT2D eigenvalue weighted by Gasteiger charge is 2.28. The number of hydrogen-bond acceptors (Lipinski definition) is 4. The van der Waals surface area contributed by atoms with Crippen LogP contribution in [-0.4, -0.2) is 25.2 Å². The van der Waals surface area contributed by atoms with Crippen molar-refractivity contribution >= 4 is 24.1 Å². The van der Waals surface area contributed by atoms with E-state index in [9.17, 15) is 9.59 Å². The Hall–Kier alpha value is -2.36. The maximum atomic E-state index is 12.0. The number of esters is 2. The molecule has 1 aromatic carbocycles. The van der Waals surface area contributed by atoms with Crippen molar-refractivity contribution in [2.45, 2.75) is 67.2 Å². The van der Waals surface area contributed by atoms with Gasteiger partial charge < -0.3 is 9.47 Å². The number of benzene rings is 1. The lowest BCUT2D eigenvalue weighted by atomic mass is 9.87. The van der Waals surface area contributed by atoms with Gasteiger partial charge in [-0.2, -0.15) is 0 Å². The molecule has 0 unspecified atom stereocenters. The average molecular weight is 415 g/mol. The van der Waals surface area contributed by atoms with Gasteiger partial charge in [0.2, 0.25) is 0 Å². The summed E-state index contributed by atoms with van der Waals surface area (Å²) in [5.41, 5.74) is 1.31. The molecule has 166 valence electrons. The molecule has 0 aliphatic carbocycles. The van der Waals surface area contributed by atoms with E-state index >= 15 is 0 Å². The standard InChI is InChI=1S/C26H38O4/c1-7-29-23(27)25(3,4)18-11-9-14-21-16-13-17-22(20-21)15-10-12-19-26(5,6)24(28)30-8-2/h9-10,13-17,20H,7-8,11-12,18-19H2,1-6H3/b14-9-,15-10+. The van der Waals surface area contributed by atoms with E-state index in [0.717, 1.165) is 36.8 Å². The minimum Gasteiger partial charge on any atom is -0.466 e. The topological polar surface area (TPSA) is 52.6 Å². The van der Waals surface area contributed by atoms with E-state index in [1.54, 1.807) is 0 Å². The van der Waals surface area contributed by atoms with Gasteiger partial charge in [0, 0.05) is 0 Å². The molecule has 4 nitrogen and oxygen atoms in total. The number of ether oxygens (including phenoxy) is 2. The van der Waals surface area contributed by atoms with Crippen molar-refractivity contribution in [3.05, 3.63) is 47.5 Å². The highest BCUT2D eigenvalue weighted by atomic mass is 16.5.